The SMILES string of the molecule is CCn1cnc2c(Nc3ccc(N)cc3)nc(N[C@@H]3CCCC[C@@H]3N)nc21. The van der Waals surface area contributed by atoms with Gasteiger partial charge in [-0.25, -0.2) is 4.98 Å². The number of nitrogen functional groups attached to an aromatic ring is 1. The fourth-order valence-corrected chi connectivity index (χ4v) is 3.54. The molecule has 3 aromatic rings. The number of nitrogens with zero attached hydrogens (tertiary/aromatic N) is 4. The molecule has 0 aliphatic heterocycles. The van der Waals surface area contributed by atoms with E-state index >= 15 is 0 Å². The van der Waals surface area contributed by atoms with Crippen LogP contribution in [-0.2, 0) is 6.54 Å². The molecule has 0 unspecified atom stereocenters. The molecule has 2 atom stereocenters. The summed E-state index contributed by atoms with van der Waals surface area (Å²) in [4.78, 5) is 13.9. The number of fused-ring (bicyclic) bond motifs is 1. The van der Waals surface area contributed by atoms with Gasteiger partial charge in [0.05, 0.1) is 6.33 Å². The number of rotatable bonds is 5. The van der Waals surface area contributed by atoms with Crippen molar-refractivity contribution in [3.05, 3.63) is 30.6 Å². The smallest absolute Gasteiger partial charge is 0.227 e. The Morgan fingerprint density at radius 2 is 1.93 bits per heavy atom. The lowest BCUT2D eigenvalue weighted by Gasteiger charge is -2.29. The Morgan fingerprint density at radius 3 is 2.67 bits per heavy atom. The van der Waals surface area contributed by atoms with Crippen LogP contribution in [-0.4, -0.2) is 31.6 Å². The first-order valence-corrected chi connectivity index (χ1v) is 9.51. The zero-order valence-electron chi connectivity index (χ0n) is 15.5. The molecule has 0 bridgehead atoms. The molecule has 2 aromatic heterocycles. The van der Waals surface area contributed by atoms with Gasteiger partial charge in [-0.3, -0.25) is 0 Å². The fraction of sp³-hybridized carbons (Fsp3) is 0.421. The lowest BCUT2D eigenvalue weighted by Crippen LogP contribution is -2.43. The van der Waals surface area contributed by atoms with Gasteiger partial charge in [0.25, 0.3) is 0 Å². The lowest BCUT2D eigenvalue weighted by atomic mass is 9.91. The van der Waals surface area contributed by atoms with Crippen LogP contribution in [0.1, 0.15) is 32.6 Å². The van der Waals surface area contributed by atoms with Gasteiger partial charge in [-0.05, 0) is 44.0 Å². The van der Waals surface area contributed by atoms with Crippen molar-refractivity contribution in [1.29, 1.82) is 0 Å². The van der Waals surface area contributed by atoms with Gasteiger partial charge in [-0.15, -0.1) is 0 Å². The topological polar surface area (TPSA) is 120 Å². The Labute approximate surface area is 158 Å². The number of imidazole rings is 1. The second-order valence-corrected chi connectivity index (χ2v) is 7.04. The maximum absolute atomic E-state index is 6.29. The zero-order valence-corrected chi connectivity index (χ0v) is 15.5. The highest BCUT2D eigenvalue weighted by Crippen LogP contribution is 2.26. The minimum atomic E-state index is 0.127. The summed E-state index contributed by atoms with van der Waals surface area (Å²) >= 11 is 0. The highest BCUT2D eigenvalue weighted by atomic mass is 15.2. The molecule has 0 saturated heterocycles. The van der Waals surface area contributed by atoms with E-state index in [2.05, 4.69) is 22.5 Å². The Balaban J connectivity index is 1.70. The van der Waals surface area contributed by atoms with Gasteiger partial charge in [-0.1, -0.05) is 12.8 Å². The first-order chi connectivity index (χ1) is 13.1. The highest BCUT2D eigenvalue weighted by molar-refractivity contribution is 5.86. The number of nitrogens with two attached hydrogens (primary N) is 2. The maximum Gasteiger partial charge on any atom is 0.227 e. The van der Waals surface area contributed by atoms with Gasteiger partial charge in [0.1, 0.15) is 0 Å². The van der Waals surface area contributed by atoms with E-state index in [9.17, 15) is 0 Å². The number of anilines is 4. The van der Waals surface area contributed by atoms with Crippen molar-refractivity contribution in [2.24, 2.45) is 5.73 Å². The van der Waals surface area contributed by atoms with Crippen LogP contribution in [0.3, 0.4) is 0 Å². The second-order valence-electron chi connectivity index (χ2n) is 7.04. The average molecular weight is 366 g/mol. The van der Waals surface area contributed by atoms with Gasteiger partial charge in [0, 0.05) is 30.0 Å². The third kappa shape index (κ3) is 3.66. The van der Waals surface area contributed by atoms with Gasteiger partial charge in [0.2, 0.25) is 5.95 Å². The Bertz CT molecular complexity index is 917. The molecule has 4 rings (SSSR count). The molecule has 1 aromatic carbocycles. The van der Waals surface area contributed by atoms with E-state index < -0.39 is 0 Å². The van der Waals surface area contributed by atoms with E-state index in [4.69, 9.17) is 21.4 Å². The normalized spacial score (nSPS) is 19.9. The number of benzene rings is 1. The molecular formula is C19H26N8. The summed E-state index contributed by atoms with van der Waals surface area (Å²) in [7, 11) is 0. The predicted molar refractivity (Wildman–Crippen MR) is 109 cm³/mol. The van der Waals surface area contributed by atoms with Crippen LogP contribution < -0.4 is 22.1 Å². The molecular weight excluding hydrogens is 340 g/mol. The van der Waals surface area contributed by atoms with Crippen LogP contribution in [0.5, 0.6) is 0 Å². The third-order valence-corrected chi connectivity index (χ3v) is 5.11. The van der Waals surface area contributed by atoms with Crippen molar-refractivity contribution in [1.82, 2.24) is 19.5 Å². The number of aromatic nitrogens is 4. The van der Waals surface area contributed by atoms with Crippen LogP contribution in [0.15, 0.2) is 30.6 Å². The van der Waals surface area contributed by atoms with E-state index in [0.717, 1.165) is 41.9 Å². The fourth-order valence-electron chi connectivity index (χ4n) is 3.54. The van der Waals surface area contributed by atoms with Crippen molar-refractivity contribution < 1.29 is 0 Å². The monoisotopic (exact) mass is 366 g/mol. The van der Waals surface area contributed by atoms with Crippen molar-refractivity contribution in [3.8, 4) is 0 Å². The molecule has 8 nitrogen and oxygen atoms in total. The van der Waals surface area contributed by atoms with Gasteiger partial charge in [-0.2, -0.15) is 9.97 Å². The third-order valence-electron chi connectivity index (χ3n) is 5.11. The van der Waals surface area contributed by atoms with Crippen LogP contribution in [0.2, 0.25) is 0 Å². The lowest BCUT2D eigenvalue weighted by molar-refractivity contribution is 0.402. The Hall–Kier alpha value is -2.87. The molecule has 0 radical (unpaired) electrons. The molecule has 8 heteroatoms. The molecule has 1 aliphatic rings. The van der Waals surface area contributed by atoms with Gasteiger partial charge in [0.15, 0.2) is 17.0 Å². The minimum absolute atomic E-state index is 0.127. The second kappa shape index (κ2) is 7.40. The number of nitrogens with one attached hydrogen (secondary N) is 2. The summed E-state index contributed by atoms with van der Waals surface area (Å²) in [5, 5.41) is 6.80. The largest absolute Gasteiger partial charge is 0.399 e. The van der Waals surface area contributed by atoms with Gasteiger partial charge < -0.3 is 26.7 Å². The standard InChI is InChI=1S/C19H26N8/c1-2-27-11-22-16-17(23-13-9-7-12(20)8-10-13)25-19(26-18(16)27)24-15-6-4-3-5-14(15)21/h7-11,14-15H,2-6,20-21H2,1H3,(H2,23,24,25,26)/t14-,15+/m0/s1. The Morgan fingerprint density at radius 1 is 1.15 bits per heavy atom. The number of aryl methyl sites for hydroxylation is 1. The summed E-state index contributed by atoms with van der Waals surface area (Å²) in [6, 6.07) is 7.87. The first-order valence-electron chi connectivity index (χ1n) is 9.51. The van der Waals surface area contributed by atoms with Crippen molar-refractivity contribution in [3.63, 3.8) is 0 Å². The molecule has 0 spiro atoms. The quantitative estimate of drug-likeness (QED) is 0.512. The summed E-state index contributed by atoms with van der Waals surface area (Å²) in [6.07, 6.45) is 6.23. The molecule has 0 amide bonds. The minimum Gasteiger partial charge on any atom is -0.399 e. The van der Waals surface area contributed by atoms with E-state index in [-0.39, 0.29) is 12.1 Å². The van der Waals surface area contributed by atoms with E-state index in [1.54, 1.807) is 6.33 Å². The van der Waals surface area contributed by atoms with Crippen LogP contribution in [0.25, 0.3) is 11.2 Å². The average Bonchev–Trinajstić information content (AvgIpc) is 3.09. The van der Waals surface area contributed by atoms with E-state index in [0.29, 0.717) is 11.8 Å². The van der Waals surface area contributed by atoms with E-state index in [1.165, 1.54) is 12.8 Å². The predicted octanol–water partition coefficient (Wildman–Crippen LogP) is 2.85. The maximum atomic E-state index is 6.29. The summed E-state index contributed by atoms with van der Waals surface area (Å²) in [6.45, 7) is 2.86. The van der Waals surface area contributed by atoms with Crippen molar-refractivity contribution >= 4 is 34.3 Å². The van der Waals surface area contributed by atoms with E-state index in [1.807, 2.05) is 28.8 Å². The van der Waals surface area contributed by atoms with Crippen molar-refractivity contribution in [2.45, 2.75) is 51.2 Å². The molecule has 6 N–H and O–H groups in total. The van der Waals surface area contributed by atoms with Gasteiger partial charge >= 0.3 is 0 Å². The molecule has 142 valence electrons. The summed E-state index contributed by atoms with van der Waals surface area (Å²) in [5.41, 5.74) is 15.2. The zero-order chi connectivity index (χ0) is 18.8. The van der Waals surface area contributed by atoms with Crippen LogP contribution in [0.4, 0.5) is 23.1 Å². The molecule has 1 saturated carbocycles. The van der Waals surface area contributed by atoms with Crippen molar-refractivity contribution in [2.75, 3.05) is 16.4 Å². The first kappa shape index (κ1) is 17.5. The van der Waals surface area contributed by atoms with Crippen LogP contribution >= 0.6 is 0 Å². The number of hydrogen-bond acceptors (Lipinski definition) is 7. The molecule has 1 aliphatic carbocycles. The molecule has 2 heterocycles. The highest BCUT2D eigenvalue weighted by Gasteiger charge is 2.23. The summed E-state index contributed by atoms with van der Waals surface area (Å²) in [5.74, 6) is 1.25. The Kier molecular flexibility index (Phi) is 4.81. The molecule has 1 fully saturated rings. The summed E-state index contributed by atoms with van der Waals surface area (Å²) < 4.78 is 2.01. The van der Waals surface area contributed by atoms with Crippen LogP contribution in [0, 0.1) is 0 Å². The number of hydrogen-bond donors (Lipinski definition) is 4. The molecule has 27 heavy (non-hydrogen) atoms.